The summed E-state index contributed by atoms with van der Waals surface area (Å²) < 4.78 is 0. The van der Waals surface area contributed by atoms with Crippen LogP contribution in [0.15, 0.2) is 29.3 Å². The molecule has 1 aromatic rings. The van der Waals surface area contributed by atoms with Gasteiger partial charge in [-0.2, -0.15) is 0 Å². The number of hydrogen-bond donors (Lipinski definition) is 1. The van der Waals surface area contributed by atoms with Crippen molar-refractivity contribution in [2.75, 3.05) is 0 Å². The largest absolute Gasteiger partial charge is 0.367 e. The van der Waals surface area contributed by atoms with Crippen LogP contribution < -0.4 is 16.3 Å². The standard InChI is InChI=1S/C11H12N2O/c1-7-8-5-3-4-6-9(8)13-11(7,2)10(12)14/h3-6H,1-2H3,(H2,12,14). The van der Waals surface area contributed by atoms with E-state index in [1.165, 1.54) is 0 Å². The molecule has 14 heavy (non-hydrogen) atoms. The molecule has 72 valence electrons. The molecule has 0 saturated heterocycles. The molecule has 2 N–H and O–H groups in total. The summed E-state index contributed by atoms with van der Waals surface area (Å²) >= 11 is 0. The molecular formula is C11H12N2O. The number of primary amides is 1. The summed E-state index contributed by atoms with van der Waals surface area (Å²) in [6.07, 6.45) is 0. The third kappa shape index (κ3) is 0.985. The van der Waals surface area contributed by atoms with E-state index in [2.05, 4.69) is 4.99 Å². The molecule has 0 spiro atoms. The van der Waals surface area contributed by atoms with Gasteiger partial charge in [-0.25, -0.2) is 0 Å². The average molecular weight is 188 g/mol. The van der Waals surface area contributed by atoms with E-state index in [-0.39, 0.29) is 0 Å². The third-order valence-corrected chi connectivity index (χ3v) is 2.86. The number of para-hydroxylation sites is 1. The Morgan fingerprint density at radius 1 is 1.43 bits per heavy atom. The zero-order valence-corrected chi connectivity index (χ0v) is 8.24. The molecule has 0 bridgehead atoms. The van der Waals surface area contributed by atoms with Crippen molar-refractivity contribution in [1.29, 1.82) is 0 Å². The van der Waals surface area contributed by atoms with Gasteiger partial charge in [0.05, 0.1) is 5.36 Å². The lowest BCUT2D eigenvalue weighted by Gasteiger charge is -2.18. The minimum atomic E-state index is -0.857. The number of hydrogen-bond acceptors (Lipinski definition) is 2. The highest BCUT2D eigenvalue weighted by molar-refractivity contribution is 5.95. The Morgan fingerprint density at radius 2 is 2.07 bits per heavy atom. The van der Waals surface area contributed by atoms with Crippen molar-refractivity contribution in [2.24, 2.45) is 10.7 Å². The van der Waals surface area contributed by atoms with E-state index in [1.807, 2.05) is 31.2 Å². The van der Waals surface area contributed by atoms with Crippen LogP contribution in [0.4, 0.5) is 0 Å². The molecule has 1 aromatic carbocycles. The Morgan fingerprint density at radius 3 is 2.64 bits per heavy atom. The zero-order chi connectivity index (χ0) is 10.3. The second-order valence-electron chi connectivity index (χ2n) is 3.69. The predicted molar refractivity (Wildman–Crippen MR) is 53.9 cm³/mol. The van der Waals surface area contributed by atoms with Gasteiger partial charge in [0.2, 0.25) is 5.91 Å². The van der Waals surface area contributed by atoms with Gasteiger partial charge < -0.3 is 5.73 Å². The first-order chi connectivity index (χ1) is 6.55. The molecule has 1 aliphatic heterocycles. The minimum Gasteiger partial charge on any atom is -0.367 e. The number of amides is 1. The SMILES string of the molecule is CC1=c2ccccc2=NC1(C)C(N)=O. The van der Waals surface area contributed by atoms with Gasteiger partial charge in [-0.05, 0) is 25.5 Å². The van der Waals surface area contributed by atoms with Gasteiger partial charge in [-0.3, -0.25) is 9.79 Å². The van der Waals surface area contributed by atoms with Crippen LogP contribution in [0, 0.1) is 0 Å². The fourth-order valence-corrected chi connectivity index (χ4v) is 1.72. The summed E-state index contributed by atoms with van der Waals surface area (Å²) in [5.74, 6) is -0.397. The van der Waals surface area contributed by atoms with E-state index in [4.69, 9.17) is 5.73 Å². The molecule has 0 aromatic heterocycles. The van der Waals surface area contributed by atoms with Crippen LogP contribution >= 0.6 is 0 Å². The summed E-state index contributed by atoms with van der Waals surface area (Å²) in [5.41, 5.74) is 5.42. The van der Waals surface area contributed by atoms with Crippen LogP contribution in [0.5, 0.6) is 0 Å². The maximum Gasteiger partial charge on any atom is 0.249 e. The molecule has 1 aliphatic rings. The van der Waals surface area contributed by atoms with Gasteiger partial charge in [-0.1, -0.05) is 18.2 Å². The lowest BCUT2D eigenvalue weighted by Crippen LogP contribution is -2.39. The van der Waals surface area contributed by atoms with Gasteiger partial charge >= 0.3 is 0 Å². The van der Waals surface area contributed by atoms with Crippen LogP contribution in [0.3, 0.4) is 0 Å². The molecule has 2 rings (SSSR count). The Hall–Kier alpha value is -1.64. The topological polar surface area (TPSA) is 55.4 Å². The predicted octanol–water partition coefficient (Wildman–Crippen LogP) is -0.266. The molecular weight excluding hydrogens is 176 g/mol. The highest BCUT2D eigenvalue weighted by atomic mass is 16.1. The second kappa shape index (κ2) is 2.67. The van der Waals surface area contributed by atoms with Crippen LogP contribution in [0.1, 0.15) is 13.8 Å². The Bertz CT molecular complexity index is 518. The summed E-state index contributed by atoms with van der Waals surface area (Å²) in [6.45, 7) is 3.66. The number of carbonyl (C=O) groups excluding carboxylic acids is 1. The lowest BCUT2D eigenvalue weighted by atomic mass is 9.93. The van der Waals surface area contributed by atoms with E-state index < -0.39 is 11.4 Å². The van der Waals surface area contributed by atoms with Crippen molar-refractivity contribution in [3.63, 3.8) is 0 Å². The molecule has 3 nitrogen and oxygen atoms in total. The summed E-state index contributed by atoms with van der Waals surface area (Å²) in [6, 6.07) is 7.70. The van der Waals surface area contributed by atoms with Crippen molar-refractivity contribution < 1.29 is 4.79 Å². The Labute approximate surface area is 82.0 Å². The Balaban J connectivity index is 2.82. The normalized spacial score (nSPS) is 24.3. The van der Waals surface area contributed by atoms with Crippen LogP contribution in [0.2, 0.25) is 0 Å². The van der Waals surface area contributed by atoms with Gasteiger partial charge in [0, 0.05) is 5.22 Å². The number of nitrogens with zero attached hydrogens (tertiary/aromatic N) is 1. The second-order valence-corrected chi connectivity index (χ2v) is 3.69. The van der Waals surface area contributed by atoms with E-state index in [0.717, 1.165) is 16.1 Å². The van der Waals surface area contributed by atoms with E-state index in [0.29, 0.717) is 0 Å². The van der Waals surface area contributed by atoms with Crippen LogP contribution in [-0.4, -0.2) is 11.4 Å². The molecule has 0 saturated carbocycles. The van der Waals surface area contributed by atoms with Gasteiger partial charge in [-0.15, -0.1) is 0 Å². The van der Waals surface area contributed by atoms with E-state index in [9.17, 15) is 4.79 Å². The van der Waals surface area contributed by atoms with Gasteiger partial charge in [0.25, 0.3) is 0 Å². The number of nitrogens with two attached hydrogens (primary N) is 1. The van der Waals surface area contributed by atoms with Crippen LogP contribution in [-0.2, 0) is 4.79 Å². The molecule has 1 atom stereocenters. The molecule has 3 heteroatoms. The first-order valence-electron chi connectivity index (χ1n) is 4.52. The number of carbonyl (C=O) groups is 1. The summed E-state index contributed by atoms with van der Waals surface area (Å²) in [7, 11) is 0. The van der Waals surface area contributed by atoms with Crippen molar-refractivity contribution >= 4 is 11.5 Å². The monoisotopic (exact) mass is 188 g/mol. The first-order valence-corrected chi connectivity index (χ1v) is 4.52. The highest BCUT2D eigenvalue weighted by Gasteiger charge is 2.35. The van der Waals surface area contributed by atoms with E-state index >= 15 is 0 Å². The fraction of sp³-hybridized carbons (Fsp3) is 0.273. The van der Waals surface area contributed by atoms with Gasteiger partial charge in [0.15, 0.2) is 5.54 Å². The Kier molecular flexibility index (Phi) is 1.71. The highest BCUT2D eigenvalue weighted by Crippen LogP contribution is 2.21. The molecule has 1 unspecified atom stereocenters. The summed E-state index contributed by atoms with van der Waals surface area (Å²) in [4.78, 5) is 15.7. The summed E-state index contributed by atoms with van der Waals surface area (Å²) in [5, 5.41) is 1.88. The molecule has 0 fully saturated rings. The average Bonchev–Trinajstić information content (AvgIpc) is 2.42. The molecule has 1 amide bonds. The lowest BCUT2D eigenvalue weighted by molar-refractivity contribution is -0.120. The minimum absolute atomic E-state index is 0.397. The zero-order valence-electron chi connectivity index (χ0n) is 8.24. The van der Waals surface area contributed by atoms with Crippen molar-refractivity contribution in [3.05, 3.63) is 34.8 Å². The fourth-order valence-electron chi connectivity index (χ4n) is 1.72. The number of benzene rings is 1. The first kappa shape index (κ1) is 8.94. The van der Waals surface area contributed by atoms with Crippen molar-refractivity contribution in [2.45, 2.75) is 19.4 Å². The smallest absolute Gasteiger partial charge is 0.249 e. The third-order valence-electron chi connectivity index (χ3n) is 2.86. The van der Waals surface area contributed by atoms with E-state index in [1.54, 1.807) is 6.92 Å². The molecule has 0 aliphatic carbocycles. The maximum atomic E-state index is 11.3. The van der Waals surface area contributed by atoms with Crippen LogP contribution in [0.25, 0.3) is 5.57 Å². The quantitative estimate of drug-likeness (QED) is 0.648. The number of fused-ring (bicyclic) bond motifs is 1. The number of rotatable bonds is 1. The van der Waals surface area contributed by atoms with Crippen molar-refractivity contribution in [1.82, 2.24) is 0 Å². The molecule has 1 heterocycles. The van der Waals surface area contributed by atoms with Gasteiger partial charge in [0.1, 0.15) is 0 Å². The van der Waals surface area contributed by atoms with Crippen molar-refractivity contribution in [3.8, 4) is 0 Å². The maximum absolute atomic E-state index is 11.3. The molecule has 0 radical (unpaired) electrons.